The Bertz CT molecular complexity index is 912. The molecule has 0 saturated heterocycles. The Kier molecular flexibility index (Phi) is 5.90. The number of nitrogens with one attached hydrogen (secondary N) is 1. The Balaban J connectivity index is 1.72. The maximum Gasteiger partial charge on any atom is 0.236 e. The average Bonchev–Trinajstić information content (AvgIpc) is 3.20. The minimum atomic E-state index is -0.0885. The van der Waals surface area contributed by atoms with Crippen LogP contribution in [-0.4, -0.2) is 26.2 Å². The number of anilines is 1. The molecule has 0 saturated carbocycles. The summed E-state index contributed by atoms with van der Waals surface area (Å²) in [6, 6.07) is 8.32. The minimum absolute atomic E-state index is 0.0885. The van der Waals surface area contributed by atoms with Crippen LogP contribution >= 0.6 is 23.1 Å². The number of aromatic nitrogens is 3. The van der Waals surface area contributed by atoms with Crippen molar-refractivity contribution in [3.63, 3.8) is 0 Å². The summed E-state index contributed by atoms with van der Waals surface area (Å²) in [5, 5.41) is 6.15. The van der Waals surface area contributed by atoms with Crippen molar-refractivity contribution in [1.82, 2.24) is 14.5 Å². The summed E-state index contributed by atoms with van der Waals surface area (Å²) in [6.07, 6.45) is 3.68. The van der Waals surface area contributed by atoms with Crippen molar-refractivity contribution in [3.8, 4) is 11.3 Å². The van der Waals surface area contributed by atoms with Gasteiger partial charge in [0.2, 0.25) is 5.91 Å². The van der Waals surface area contributed by atoms with Gasteiger partial charge in [-0.15, -0.1) is 17.9 Å². The molecule has 2 heterocycles. The first kappa shape index (κ1) is 18.4. The first-order valence-corrected chi connectivity index (χ1v) is 10.0. The molecule has 0 bridgehead atoms. The third-order valence-corrected chi connectivity index (χ3v) is 5.54. The van der Waals surface area contributed by atoms with Crippen molar-refractivity contribution in [1.29, 1.82) is 0 Å². The van der Waals surface area contributed by atoms with Gasteiger partial charge < -0.3 is 9.88 Å². The summed E-state index contributed by atoms with van der Waals surface area (Å²) < 4.78 is 2.07. The number of allylic oxidation sites excluding steroid dienone is 1. The van der Waals surface area contributed by atoms with Crippen LogP contribution in [0.25, 0.3) is 11.3 Å². The minimum Gasteiger partial charge on any atom is -0.315 e. The summed E-state index contributed by atoms with van der Waals surface area (Å²) in [5.41, 5.74) is 4.23. The third-order valence-electron chi connectivity index (χ3n) is 3.68. The monoisotopic (exact) mass is 384 g/mol. The zero-order chi connectivity index (χ0) is 18.5. The first-order chi connectivity index (χ1) is 12.6. The highest BCUT2D eigenvalue weighted by atomic mass is 32.2. The second kappa shape index (κ2) is 8.33. The number of thioether (sulfide) groups is 1. The summed E-state index contributed by atoms with van der Waals surface area (Å²) in [5.74, 6) is 0.189. The van der Waals surface area contributed by atoms with Crippen LogP contribution in [0.5, 0.6) is 0 Å². The van der Waals surface area contributed by atoms with Gasteiger partial charge in [-0.1, -0.05) is 47.7 Å². The molecule has 0 aliphatic rings. The lowest BCUT2D eigenvalue weighted by atomic mass is 10.1. The molecule has 2 aromatic heterocycles. The number of amides is 1. The molecule has 1 amide bonds. The number of hydrogen-bond donors (Lipinski definition) is 1. The molecule has 3 aromatic rings. The van der Waals surface area contributed by atoms with Gasteiger partial charge in [-0.25, -0.2) is 9.97 Å². The molecule has 26 heavy (non-hydrogen) atoms. The molecule has 0 aliphatic heterocycles. The fraction of sp³-hybridized carbons (Fsp3) is 0.211. The molecule has 0 atom stereocenters. The molecule has 5 nitrogen and oxygen atoms in total. The average molecular weight is 385 g/mol. The van der Waals surface area contributed by atoms with E-state index in [1.54, 1.807) is 0 Å². The summed E-state index contributed by atoms with van der Waals surface area (Å²) in [4.78, 5) is 20.9. The van der Waals surface area contributed by atoms with E-state index in [4.69, 9.17) is 0 Å². The lowest BCUT2D eigenvalue weighted by molar-refractivity contribution is -0.113. The molecule has 134 valence electrons. The maximum atomic E-state index is 12.2. The van der Waals surface area contributed by atoms with Gasteiger partial charge in [0, 0.05) is 11.9 Å². The maximum absolute atomic E-state index is 12.2. The number of carbonyl (C=O) groups excluding carboxylic acids is 1. The van der Waals surface area contributed by atoms with Crippen LogP contribution in [-0.2, 0) is 11.3 Å². The summed E-state index contributed by atoms with van der Waals surface area (Å²) in [7, 11) is 0. The van der Waals surface area contributed by atoms with E-state index in [1.165, 1.54) is 28.7 Å². The third kappa shape index (κ3) is 4.42. The predicted octanol–water partition coefficient (Wildman–Crippen LogP) is 4.54. The van der Waals surface area contributed by atoms with Crippen LogP contribution in [0.2, 0.25) is 0 Å². The quantitative estimate of drug-likeness (QED) is 0.480. The fourth-order valence-corrected chi connectivity index (χ4v) is 3.92. The lowest BCUT2D eigenvalue weighted by Gasteiger charge is -2.10. The summed E-state index contributed by atoms with van der Waals surface area (Å²) in [6.45, 7) is 8.44. The molecule has 0 aliphatic carbocycles. The molecule has 1 N–H and O–H groups in total. The van der Waals surface area contributed by atoms with Crippen LogP contribution in [0.3, 0.4) is 0 Å². The number of hydrogen-bond acceptors (Lipinski definition) is 5. The molecule has 0 unspecified atom stereocenters. The van der Waals surface area contributed by atoms with Gasteiger partial charge in [0.05, 0.1) is 23.3 Å². The van der Waals surface area contributed by atoms with Crippen LogP contribution in [0.15, 0.2) is 53.7 Å². The van der Waals surface area contributed by atoms with E-state index >= 15 is 0 Å². The molecule has 7 heteroatoms. The van der Waals surface area contributed by atoms with Gasteiger partial charge in [0.1, 0.15) is 0 Å². The van der Waals surface area contributed by atoms with Gasteiger partial charge >= 0.3 is 0 Å². The molecule has 3 rings (SSSR count). The van der Waals surface area contributed by atoms with Crippen molar-refractivity contribution in [2.45, 2.75) is 25.5 Å². The molecule has 1 aromatic carbocycles. The zero-order valence-electron chi connectivity index (χ0n) is 14.7. The van der Waals surface area contributed by atoms with Crippen molar-refractivity contribution < 1.29 is 4.79 Å². The van der Waals surface area contributed by atoms with Crippen molar-refractivity contribution in [3.05, 3.63) is 59.8 Å². The van der Waals surface area contributed by atoms with Crippen molar-refractivity contribution in [2.24, 2.45) is 0 Å². The van der Waals surface area contributed by atoms with Crippen LogP contribution in [0, 0.1) is 13.8 Å². The lowest BCUT2D eigenvalue weighted by Crippen LogP contribution is -2.14. The first-order valence-electron chi connectivity index (χ1n) is 8.15. The number of nitrogens with zero attached hydrogens (tertiary/aromatic N) is 3. The second-order valence-corrected chi connectivity index (χ2v) is 7.62. The Morgan fingerprint density at radius 3 is 2.77 bits per heavy atom. The predicted molar refractivity (Wildman–Crippen MR) is 109 cm³/mol. The normalized spacial score (nSPS) is 10.7. The highest BCUT2D eigenvalue weighted by molar-refractivity contribution is 7.99. The van der Waals surface area contributed by atoms with Gasteiger partial charge in [0.25, 0.3) is 0 Å². The van der Waals surface area contributed by atoms with Gasteiger partial charge in [-0.2, -0.15) is 0 Å². The number of imidazole rings is 1. The topological polar surface area (TPSA) is 59.8 Å². The van der Waals surface area contributed by atoms with E-state index in [2.05, 4.69) is 57.6 Å². The Morgan fingerprint density at radius 2 is 2.12 bits per heavy atom. The standard InChI is InChI=1S/C19H20N4OS2/c1-4-9-23-16(15-7-5-13(2)6-8-15)10-20-19(23)26-12-17(24)22-18-21-14(3)11-25-18/h4-8,10-11H,1,9,12H2,2-3H3,(H,21,22,24). The van der Waals surface area contributed by atoms with E-state index < -0.39 is 0 Å². The zero-order valence-corrected chi connectivity index (χ0v) is 16.4. The van der Waals surface area contributed by atoms with E-state index in [9.17, 15) is 4.79 Å². The highest BCUT2D eigenvalue weighted by Crippen LogP contribution is 2.27. The fourth-order valence-electron chi connectivity index (χ4n) is 2.43. The van der Waals surface area contributed by atoms with Crippen LogP contribution < -0.4 is 5.32 Å². The largest absolute Gasteiger partial charge is 0.315 e. The number of benzene rings is 1. The highest BCUT2D eigenvalue weighted by Gasteiger charge is 2.13. The van der Waals surface area contributed by atoms with Gasteiger partial charge in [0.15, 0.2) is 10.3 Å². The smallest absolute Gasteiger partial charge is 0.236 e. The SMILES string of the molecule is C=CCn1c(-c2ccc(C)cc2)cnc1SCC(=O)Nc1nc(C)cs1. The van der Waals surface area contributed by atoms with E-state index in [0.29, 0.717) is 11.7 Å². The second-order valence-electron chi connectivity index (χ2n) is 5.82. The number of carbonyl (C=O) groups is 1. The molecule has 0 fully saturated rings. The summed E-state index contributed by atoms with van der Waals surface area (Å²) >= 11 is 2.84. The molecule has 0 spiro atoms. The van der Waals surface area contributed by atoms with E-state index in [0.717, 1.165) is 22.1 Å². The molecule has 0 radical (unpaired) electrons. The number of rotatable bonds is 7. The van der Waals surface area contributed by atoms with Crippen LogP contribution in [0.4, 0.5) is 5.13 Å². The van der Waals surface area contributed by atoms with Crippen LogP contribution in [0.1, 0.15) is 11.3 Å². The molecular weight excluding hydrogens is 364 g/mol. The van der Waals surface area contributed by atoms with E-state index in [-0.39, 0.29) is 11.7 Å². The Morgan fingerprint density at radius 1 is 1.35 bits per heavy atom. The number of thiazole rings is 1. The number of aryl methyl sites for hydroxylation is 2. The Hall–Kier alpha value is -2.38. The van der Waals surface area contributed by atoms with Gasteiger partial charge in [-0.3, -0.25) is 4.79 Å². The van der Waals surface area contributed by atoms with Gasteiger partial charge in [-0.05, 0) is 19.4 Å². The van der Waals surface area contributed by atoms with E-state index in [1.807, 2.05) is 24.6 Å². The van der Waals surface area contributed by atoms with Crippen molar-refractivity contribution in [2.75, 3.05) is 11.1 Å². The Labute approximate surface area is 161 Å². The van der Waals surface area contributed by atoms with Crippen molar-refractivity contribution >= 4 is 34.1 Å². The molecular formula is C19H20N4OS2.